The molecule has 4 heterocycles. The fraction of sp³-hybridized carbons (Fsp3) is 0.536. The van der Waals surface area contributed by atoms with Crippen molar-refractivity contribution in [3.05, 3.63) is 53.7 Å². The first-order chi connectivity index (χ1) is 17.2. The van der Waals surface area contributed by atoms with Crippen molar-refractivity contribution in [1.82, 2.24) is 9.97 Å². The quantitative estimate of drug-likeness (QED) is 0.436. The molecule has 8 heteroatoms. The molecule has 0 saturated carbocycles. The Hall–Kier alpha value is -2.97. The molecule has 0 bridgehead atoms. The number of carbonyl (C=O) groups excluding carboxylic acids is 1. The molecule has 2 N–H and O–H groups in total. The number of aromatic carboxylic acids is 1. The van der Waals surface area contributed by atoms with Crippen LogP contribution in [0, 0.1) is 23.7 Å². The van der Waals surface area contributed by atoms with Gasteiger partial charge >= 0.3 is 5.97 Å². The van der Waals surface area contributed by atoms with E-state index in [1.54, 1.807) is 24.4 Å². The molecule has 2 saturated heterocycles. The molecule has 0 aliphatic carbocycles. The Morgan fingerprint density at radius 2 is 1.97 bits per heavy atom. The van der Waals surface area contributed by atoms with Crippen LogP contribution in [0.25, 0.3) is 11.1 Å². The van der Waals surface area contributed by atoms with Gasteiger partial charge in [-0.1, -0.05) is 33.8 Å². The Morgan fingerprint density at radius 1 is 1.17 bits per heavy atom. The molecule has 2 aliphatic heterocycles. The number of para-hydroxylation sites is 1. The van der Waals surface area contributed by atoms with E-state index in [1.807, 2.05) is 13.0 Å². The molecule has 0 unspecified atom stereocenters. The summed E-state index contributed by atoms with van der Waals surface area (Å²) in [6, 6.07) is 8.54. The summed E-state index contributed by atoms with van der Waals surface area (Å²) >= 11 is 0. The van der Waals surface area contributed by atoms with Crippen LogP contribution in [0.3, 0.4) is 0 Å². The van der Waals surface area contributed by atoms with Crippen LogP contribution in [0.1, 0.15) is 73.7 Å². The fourth-order valence-corrected chi connectivity index (χ4v) is 5.97. The van der Waals surface area contributed by atoms with Gasteiger partial charge in [0.25, 0.3) is 0 Å². The molecule has 8 nitrogen and oxygen atoms in total. The van der Waals surface area contributed by atoms with Gasteiger partial charge < -0.3 is 24.0 Å². The molecule has 3 aromatic rings. The average molecular weight is 495 g/mol. The topological polar surface area (TPSA) is 115 Å². The fourth-order valence-electron chi connectivity index (χ4n) is 5.97. The number of aromatic nitrogens is 2. The molecule has 0 radical (unpaired) electrons. The minimum absolute atomic E-state index is 0.0444. The Balaban J connectivity index is 1.37. The van der Waals surface area contributed by atoms with E-state index >= 15 is 0 Å². The Morgan fingerprint density at radius 3 is 2.69 bits per heavy atom. The first kappa shape index (κ1) is 24.7. The van der Waals surface area contributed by atoms with E-state index in [0.717, 1.165) is 19.3 Å². The van der Waals surface area contributed by atoms with E-state index in [-0.39, 0.29) is 47.2 Å². The number of nitrogens with zero attached hydrogens (tertiary/aromatic N) is 1. The molecule has 7 atom stereocenters. The molecule has 1 spiro atoms. The smallest absolute Gasteiger partial charge is 0.338 e. The van der Waals surface area contributed by atoms with E-state index in [9.17, 15) is 14.7 Å². The summed E-state index contributed by atoms with van der Waals surface area (Å²) in [6.07, 6.45) is 4.30. The number of nitrogens with one attached hydrogen (secondary N) is 1. The number of Topliss-reactive ketones (excluding diaryl/α,β-unsaturated/α-hetero) is 1. The normalized spacial score (nSPS) is 31.5. The van der Waals surface area contributed by atoms with Gasteiger partial charge in [-0.25, -0.2) is 9.78 Å². The number of benzene rings is 1. The third kappa shape index (κ3) is 4.37. The maximum absolute atomic E-state index is 13.1. The lowest BCUT2D eigenvalue weighted by Crippen LogP contribution is -2.58. The molecule has 2 aromatic heterocycles. The lowest BCUT2D eigenvalue weighted by molar-refractivity contribution is -0.355. The highest BCUT2D eigenvalue weighted by molar-refractivity contribution is 6.00. The van der Waals surface area contributed by atoms with Crippen LogP contribution in [0.4, 0.5) is 0 Å². The summed E-state index contributed by atoms with van der Waals surface area (Å²) in [6.45, 7) is 8.40. The van der Waals surface area contributed by atoms with Crippen molar-refractivity contribution in [2.24, 2.45) is 23.7 Å². The van der Waals surface area contributed by atoms with Crippen LogP contribution in [0.2, 0.25) is 0 Å². The van der Waals surface area contributed by atoms with Gasteiger partial charge in [0.15, 0.2) is 23.0 Å². The lowest BCUT2D eigenvalue weighted by atomic mass is 9.75. The molecule has 5 rings (SSSR count). The number of aromatic amines is 1. The minimum atomic E-state index is -1.03. The van der Waals surface area contributed by atoms with Crippen LogP contribution in [0.15, 0.2) is 40.9 Å². The van der Waals surface area contributed by atoms with Crippen molar-refractivity contribution in [3.8, 4) is 0 Å². The van der Waals surface area contributed by atoms with Crippen LogP contribution in [-0.2, 0) is 15.9 Å². The van der Waals surface area contributed by atoms with Crippen LogP contribution < -0.4 is 0 Å². The van der Waals surface area contributed by atoms with Gasteiger partial charge in [0, 0.05) is 24.5 Å². The lowest BCUT2D eigenvalue weighted by Gasteiger charge is -2.53. The van der Waals surface area contributed by atoms with Gasteiger partial charge in [-0.2, -0.15) is 0 Å². The first-order valence-corrected chi connectivity index (χ1v) is 12.8. The van der Waals surface area contributed by atoms with E-state index in [4.69, 9.17) is 13.9 Å². The molecule has 0 amide bonds. The largest absolute Gasteiger partial charge is 0.478 e. The second-order valence-corrected chi connectivity index (χ2v) is 10.7. The van der Waals surface area contributed by atoms with Gasteiger partial charge in [-0.3, -0.25) is 4.79 Å². The third-order valence-electron chi connectivity index (χ3n) is 8.15. The van der Waals surface area contributed by atoms with Gasteiger partial charge in [-0.15, -0.1) is 0 Å². The second kappa shape index (κ2) is 9.48. The predicted molar refractivity (Wildman–Crippen MR) is 133 cm³/mol. The highest BCUT2D eigenvalue weighted by Crippen LogP contribution is 2.48. The van der Waals surface area contributed by atoms with Crippen molar-refractivity contribution in [2.75, 3.05) is 0 Å². The summed E-state index contributed by atoms with van der Waals surface area (Å²) in [5, 5.41) is 9.49. The SMILES string of the molecule is C[C@@H]1C[C@@H](C)[C@]2(CC[C@@H](C)[C@@H](Cc3nc4c(C(=O)O)cccc4o3)O2)O[C@@H]1[C@H](C)C(=O)c1ccc[nH]1. The molecule has 1 aromatic carbocycles. The van der Waals surface area contributed by atoms with E-state index in [1.165, 1.54) is 6.07 Å². The summed E-state index contributed by atoms with van der Waals surface area (Å²) in [4.78, 5) is 32.2. The highest BCUT2D eigenvalue weighted by atomic mass is 16.7. The first-order valence-electron chi connectivity index (χ1n) is 12.8. The number of fused-ring (bicyclic) bond motifs is 1. The molecule has 192 valence electrons. The number of carboxylic acids is 1. The Kier molecular flexibility index (Phi) is 6.51. The number of carbonyl (C=O) groups is 2. The maximum Gasteiger partial charge on any atom is 0.338 e. The van der Waals surface area contributed by atoms with Gasteiger partial charge in [0.2, 0.25) is 0 Å². The number of ketones is 1. The van der Waals surface area contributed by atoms with Gasteiger partial charge in [0.1, 0.15) is 5.52 Å². The predicted octanol–water partition coefficient (Wildman–Crippen LogP) is 5.49. The number of rotatable bonds is 6. The van der Waals surface area contributed by atoms with Crippen LogP contribution in [-0.4, -0.2) is 44.8 Å². The van der Waals surface area contributed by atoms with Gasteiger partial charge in [-0.05, 0) is 48.9 Å². The van der Waals surface area contributed by atoms with E-state index < -0.39 is 11.8 Å². The monoisotopic (exact) mass is 494 g/mol. The van der Waals surface area contributed by atoms with Crippen molar-refractivity contribution in [1.29, 1.82) is 0 Å². The number of hydrogen-bond acceptors (Lipinski definition) is 6. The van der Waals surface area contributed by atoms with Gasteiger partial charge in [0.05, 0.1) is 29.9 Å². The zero-order valence-electron chi connectivity index (χ0n) is 21.2. The zero-order chi connectivity index (χ0) is 25.6. The Labute approximate surface area is 210 Å². The summed E-state index contributed by atoms with van der Waals surface area (Å²) in [5.41, 5.74) is 1.53. The van der Waals surface area contributed by atoms with Crippen LogP contribution >= 0.6 is 0 Å². The molecule has 36 heavy (non-hydrogen) atoms. The highest BCUT2D eigenvalue weighted by Gasteiger charge is 2.52. The summed E-state index contributed by atoms with van der Waals surface area (Å²) < 4.78 is 19.4. The molecular formula is C28H34N2O6. The van der Waals surface area contributed by atoms with E-state index in [0.29, 0.717) is 29.1 Å². The number of oxazole rings is 1. The summed E-state index contributed by atoms with van der Waals surface area (Å²) in [5.74, 6) is -1.00. The second-order valence-electron chi connectivity index (χ2n) is 10.7. The average Bonchev–Trinajstić information content (AvgIpc) is 3.52. The van der Waals surface area contributed by atoms with E-state index in [2.05, 4.69) is 30.7 Å². The number of carboxylic acid groups (broad SMARTS) is 1. The summed E-state index contributed by atoms with van der Waals surface area (Å²) in [7, 11) is 0. The molecule has 2 aliphatic rings. The third-order valence-corrected chi connectivity index (χ3v) is 8.15. The minimum Gasteiger partial charge on any atom is -0.478 e. The number of H-pyrrole nitrogens is 1. The molecule has 2 fully saturated rings. The standard InChI is InChI=1S/C28H34N2O6/c1-15-10-11-28(17(3)13-16(2)26(36-28)18(4)25(31)20-8-6-12-29-20)35-22(15)14-23-30-24-19(27(32)33)7-5-9-21(24)34-23/h5-9,12,15-18,22,26,29H,10-11,13-14H2,1-4H3,(H,32,33)/t15-,16-,17-,18-,22-,26+,28+/m1/s1. The van der Waals surface area contributed by atoms with Crippen molar-refractivity contribution >= 4 is 22.9 Å². The Bertz CT molecular complexity index is 1250. The molecular weight excluding hydrogens is 460 g/mol. The maximum atomic E-state index is 13.1. The van der Waals surface area contributed by atoms with Crippen molar-refractivity contribution in [3.63, 3.8) is 0 Å². The van der Waals surface area contributed by atoms with Crippen molar-refractivity contribution < 1.29 is 28.6 Å². The zero-order valence-corrected chi connectivity index (χ0v) is 21.2. The van der Waals surface area contributed by atoms with Crippen molar-refractivity contribution in [2.45, 2.75) is 71.4 Å². The number of ether oxygens (including phenoxy) is 2. The number of hydrogen-bond donors (Lipinski definition) is 2. The van der Waals surface area contributed by atoms with Crippen LogP contribution in [0.5, 0.6) is 0 Å².